The Morgan fingerprint density at radius 2 is 1.50 bits per heavy atom. The first-order valence-corrected chi connectivity index (χ1v) is 9.16. The van der Waals surface area contributed by atoms with Crippen molar-refractivity contribution in [3.05, 3.63) is 0 Å². The van der Waals surface area contributed by atoms with Gasteiger partial charge in [0.2, 0.25) is 0 Å². The molecule has 0 aromatic heterocycles. The molecule has 0 bridgehead atoms. The average molecular weight is 440 g/mol. The normalized spacial score (nSPS) is 32.5. The summed E-state index contributed by atoms with van der Waals surface area (Å²) in [7, 11) is -4.91. The van der Waals surface area contributed by atoms with Crippen LogP contribution in [0.2, 0.25) is 0 Å². The fourth-order valence-electron chi connectivity index (χ4n) is 1.91. The van der Waals surface area contributed by atoms with Crippen LogP contribution in [0, 0.1) is 0 Å². The monoisotopic (exact) mass is 440 g/mol. The van der Waals surface area contributed by atoms with Gasteiger partial charge in [-0.2, -0.15) is 0 Å². The van der Waals surface area contributed by atoms with E-state index >= 15 is 0 Å². The molecule has 0 unspecified atom stereocenters. The van der Waals surface area contributed by atoms with Crippen LogP contribution in [0.1, 0.15) is 0 Å². The molecule has 1 heterocycles. The summed E-state index contributed by atoms with van der Waals surface area (Å²) >= 11 is 0. The quantitative estimate of drug-likeness (QED) is 0.124. The van der Waals surface area contributed by atoms with E-state index in [-0.39, 0.29) is 6.29 Å². The zero-order valence-electron chi connectivity index (χ0n) is 14.2. The average Bonchev–Trinajstić information content (AvgIpc) is 2.65. The summed E-state index contributed by atoms with van der Waals surface area (Å²) in [6.07, 6.45) is -15.1. The van der Waals surface area contributed by atoms with Gasteiger partial charge in [-0.25, -0.2) is 4.57 Å². The van der Waals surface area contributed by atoms with Gasteiger partial charge in [0.05, 0.1) is 13.2 Å². The highest BCUT2D eigenvalue weighted by molar-refractivity contribution is 7.46. The van der Waals surface area contributed by atoms with Crippen LogP contribution in [0.15, 0.2) is 0 Å². The second-order valence-electron chi connectivity index (χ2n) is 5.65. The SMILES string of the molecule is O=C[C@H](O)[C@@H](O)[C@H](O)[C@H](O)CO.O=P(O)(O)O[C@@H]1O[C@H](CO)[C@@H](O)[C@H](O)[C@H]1O. The van der Waals surface area contributed by atoms with Crippen molar-refractivity contribution in [2.24, 2.45) is 0 Å². The van der Waals surface area contributed by atoms with Crippen LogP contribution < -0.4 is 0 Å². The Hall–Kier alpha value is -0.620. The molecule has 0 radical (unpaired) electrons. The van der Waals surface area contributed by atoms with Gasteiger partial charge in [-0.15, -0.1) is 0 Å². The molecule has 0 amide bonds. The van der Waals surface area contributed by atoms with Crippen molar-refractivity contribution in [2.45, 2.75) is 55.1 Å². The molecule has 168 valence electrons. The highest BCUT2D eigenvalue weighted by Crippen LogP contribution is 2.40. The third kappa shape index (κ3) is 8.40. The summed E-state index contributed by atoms with van der Waals surface area (Å²) < 4.78 is 19.2. The minimum Gasteiger partial charge on any atom is -0.394 e. The van der Waals surface area contributed by atoms with Gasteiger partial charge in [0.1, 0.15) is 48.8 Å². The number of carbonyl (C=O) groups excluding carboxylic acids is 1. The minimum absolute atomic E-state index is 0.0258. The Bertz CT molecular complexity index is 497. The lowest BCUT2D eigenvalue weighted by atomic mass is 10.00. The first-order chi connectivity index (χ1) is 12.8. The first kappa shape index (κ1) is 27.4. The molecule has 1 saturated heterocycles. The van der Waals surface area contributed by atoms with Crippen LogP contribution in [0.5, 0.6) is 0 Å². The number of rotatable bonds is 8. The van der Waals surface area contributed by atoms with E-state index in [0.29, 0.717) is 0 Å². The zero-order chi connectivity index (χ0) is 22.2. The maximum absolute atomic E-state index is 10.5. The van der Waals surface area contributed by atoms with Crippen LogP contribution in [-0.4, -0.2) is 130 Å². The summed E-state index contributed by atoms with van der Waals surface area (Å²) in [5.41, 5.74) is 0. The second kappa shape index (κ2) is 12.2. The predicted octanol–water partition coefficient (Wildman–Crippen LogP) is -6.48. The number of ether oxygens (including phenoxy) is 1. The van der Waals surface area contributed by atoms with Gasteiger partial charge in [0.15, 0.2) is 12.6 Å². The number of aldehydes is 1. The molecular weight excluding hydrogens is 415 g/mol. The second-order valence-corrected chi connectivity index (χ2v) is 6.84. The summed E-state index contributed by atoms with van der Waals surface area (Å²) in [5, 5.41) is 80.2. The van der Waals surface area contributed by atoms with Crippen molar-refractivity contribution >= 4 is 14.1 Å². The molecule has 1 aliphatic rings. The van der Waals surface area contributed by atoms with E-state index in [1.54, 1.807) is 0 Å². The molecule has 15 nitrogen and oxygen atoms in total. The Balaban J connectivity index is 0.000000546. The number of phosphoric acid groups is 1. The molecule has 0 saturated carbocycles. The van der Waals surface area contributed by atoms with Crippen molar-refractivity contribution in [3.8, 4) is 0 Å². The number of carbonyl (C=O) groups is 1. The van der Waals surface area contributed by atoms with E-state index in [1.165, 1.54) is 0 Å². The molecule has 0 aliphatic carbocycles. The molecule has 28 heavy (non-hydrogen) atoms. The van der Waals surface area contributed by atoms with Crippen molar-refractivity contribution in [1.82, 2.24) is 0 Å². The molecule has 1 fully saturated rings. The van der Waals surface area contributed by atoms with Crippen LogP contribution in [-0.2, 0) is 18.6 Å². The van der Waals surface area contributed by atoms with Gasteiger partial charge in [0, 0.05) is 0 Å². The molecule has 0 aromatic carbocycles. The fraction of sp³-hybridized carbons (Fsp3) is 0.917. The topological polar surface area (TPSA) is 275 Å². The number of hydrogen-bond acceptors (Lipinski definition) is 13. The van der Waals surface area contributed by atoms with Gasteiger partial charge in [-0.05, 0) is 0 Å². The summed E-state index contributed by atoms with van der Waals surface area (Å²) in [6.45, 7) is -1.46. The minimum atomic E-state index is -4.91. The molecular formula is C12H25O15P. The standard InChI is InChI=1S/C6H13O9P.C6H12O6/c7-1-2-3(8)4(9)5(10)6(14-2)15-16(11,12)13;7-1-3(9)5(11)6(12)4(10)2-8/h2-10H,1H2,(H2,11,12,13);1,3-6,8-12H,2H2/t2-,3-,4+,5-,6+;3-,4+,5+,6+/m10/s1. The number of aliphatic hydroxyl groups is 9. The largest absolute Gasteiger partial charge is 0.472 e. The Kier molecular flexibility index (Phi) is 11.9. The first-order valence-electron chi connectivity index (χ1n) is 7.63. The Morgan fingerprint density at radius 3 is 1.89 bits per heavy atom. The van der Waals surface area contributed by atoms with Crippen molar-refractivity contribution < 1.29 is 74.4 Å². The maximum atomic E-state index is 10.5. The van der Waals surface area contributed by atoms with Crippen LogP contribution >= 0.6 is 7.82 Å². The molecule has 16 heteroatoms. The van der Waals surface area contributed by atoms with Gasteiger partial charge < -0.3 is 65.3 Å². The van der Waals surface area contributed by atoms with E-state index in [9.17, 15) is 24.7 Å². The van der Waals surface area contributed by atoms with E-state index < -0.39 is 76.2 Å². The van der Waals surface area contributed by atoms with E-state index in [4.69, 9.17) is 40.4 Å². The van der Waals surface area contributed by atoms with Crippen molar-refractivity contribution in [1.29, 1.82) is 0 Å². The Morgan fingerprint density at radius 1 is 0.964 bits per heavy atom. The van der Waals surface area contributed by atoms with Gasteiger partial charge in [0.25, 0.3) is 0 Å². The van der Waals surface area contributed by atoms with Gasteiger partial charge in [-0.1, -0.05) is 0 Å². The smallest absolute Gasteiger partial charge is 0.394 e. The van der Waals surface area contributed by atoms with Crippen molar-refractivity contribution in [3.63, 3.8) is 0 Å². The van der Waals surface area contributed by atoms with E-state index in [2.05, 4.69) is 9.26 Å². The van der Waals surface area contributed by atoms with E-state index in [1.807, 2.05) is 0 Å². The Labute approximate surface area is 157 Å². The lowest BCUT2D eigenvalue weighted by Crippen LogP contribution is -2.58. The highest BCUT2D eigenvalue weighted by Gasteiger charge is 2.46. The van der Waals surface area contributed by atoms with E-state index in [0.717, 1.165) is 0 Å². The van der Waals surface area contributed by atoms with Crippen LogP contribution in [0.25, 0.3) is 0 Å². The molecule has 9 atom stereocenters. The fourth-order valence-corrected chi connectivity index (χ4v) is 2.35. The lowest BCUT2D eigenvalue weighted by Gasteiger charge is -2.39. The zero-order valence-corrected chi connectivity index (χ0v) is 15.1. The number of phosphoric ester groups is 1. The summed E-state index contributed by atoms with van der Waals surface area (Å²) in [5.74, 6) is 0. The summed E-state index contributed by atoms with van der Waals surface area (Å²) in [4.78, 5) is 26.9. The van der Waals surface area contributed by atoms with Crippen molar-refractivity contribution in [2.75, 3.05) is 13.2 Å². The van der Waals surface area contributed by atoms with Gasteiger partial charge >= 0.3 is 7.82 Å². The number of aliphatic hydroxyl groups excluding tert-OH is 9. The summed E-state index contributed by atoms with van der Waals surface area (Å²) in [6, 6.07) is 0. The molecule has 1 aliphatic heterocycles. The third-order valence-electron chi connectivity index (χ3n) is 3.51. The third-order valence-corrected chi connectivity index (χ3v) is 3.99. The highest BCUT2D eigenvalue weighted by atomic mass is 31.2. The molecule has 0 spiro atoms. The van der Waals surface area contributed by atoms with Gasteiger partial charge in [-0.3, -0.25) is 4.52 Å². The van der Waals surface area contributed by atoms with Crippen LogP contribution in [0.4, 0.5) is 0 Å². The predicted molar refractivity (Wildman–Crippen MR) is 84.1 cm³/mol. The maximum Gasteiger partial charge on any atom is 0.472 e. The molecule has 0 aromatic rings. The number of hydrogen-bond donors (Lipinski definition) is 11. The lowest BCUT2D eigenvalue weighted by molar-refractivity contribution is -0.280. The van der Waals surface area contributed by atoms with Crippen LogP contribution in [0.3, 0.4) is 0 Å². The molecule has 1 rings (SSSR count). The molecule has 11 N–H and O–H groups in total.